The zero-order chi connectivity index (χ0) is 19.1. The van der Waals surface area contributed by atoms with Crippen LogP contribution in [0.1, 0.15) is 34.5 Å². The number of hydrogen-bond donors (Lipinski definition) is 1. The van der Waals surface area contributed by atoms with Crippen LogP contribution in [0, 0.1) is 5.82 Å². The Morgan fingerprint density at radius 1 is 1.22 bits per heavy atom. The molecule has 27 heavy (non-hydrogen) atoms. The molecule has 2 aromatic carbocycles. The van der Waals surface area contributed by atoms with Crippen LogP contribution in [0.3, 0.4) is 0 Å². The van der Waals surface area contributed by atoms with Crippen LogP contribution in [0.15, 0.2) is 47.3 Å². The number of amides is 1. The highest BCUT2D eigenvalue weighted by Gasteiger charge is 2.30. The van der Waals surface area contributed by atoms with Crippen molar-refractivity contribution in [3.05, 3.63) is 75.3 Å². The van der Waals surface area contributed by atoms with Gasteiger partial charge in [-0.25, -0.2) is 4.39 Å². The number of aromatic amines is 1. The smallest absolute Gasteiger partial charge is 0.261 e. The van der Waals surface area contributed by atoms with Crippen molar-refractivity contribution in [2.24, 2.45) is 0 Å². The molecule has 6 heteroatoms. The molecule has 1 aliphatic heterocycles. The van der Waals surface area contributed by atoms with Gasteiger partial charge in [0.2, 0.25) is 0 Å². The van der Waals surface area contributed by atoms with Crippen molar-refractivity contribution in [3.8, 4) is 5.75 Å². The van der Waals surface area contributed by atoms with E-state index in [0.717, 1.165) is 16.9 Å². The van der Waals surface area contributed by atoms with Crippen LogP contribution in [-0.2, 0) is 6.42 Å². The molecule has 2 heterocycles. The van der Waals surface area contributed by atoms with Gasteiger partial charge >= 0.3 is 0 Å². The molecule has 4 rings (SSSR count). The van der Waals surface area contributed by atoms with E-state index in [1.54, 1.807) is 18.1 Å². The molecular formula is C21H19FN2O3. The number of rotatable bonds is 2. The van der Waals surface area contributed by atoms with Gasteiger partial charge in [-0.3, -0.25) is 9.59 Å². The summed E-state index contributed by atoms with van der Waals surface area (Å²) in [6, 6.07) is 11.3. The van der Waals surface area contributed by atoms with Crippen molar-refractivity contribution >= 4 is 16.8 Å². The van der Waals surface area contributed by atoms with Gasteiger partial charge < -0.3 is 14.6 Å². The number of pyridine rings is 1. The predicted molar refractivity (Wildman–Crippen MR) is 101 cm³/mol. The molecule has 1 amide bonds. The lowest BCUT2D eigenvalue weighted by Gasteiger charge is -2.35. The maximum atomic E-state index is 13.4. The first-order valence-corrected chi connectivity index (χ1v) is 8.78. The first-order chi connectivity index (χ1) is 13.0. The molecule has 0 spiro atoms. The summed E-state index contributed by atoms with van der Waals surface area (Å²) in [5.74, 6) is 0.0317. The summed E-state index contributed by atoms with van der Waals surface area (Å²) in [5.41, 5.74) is 2.13. The van der Waals surface area contributed by atoms with Crippen LogP contribution in [0.5, 0.6) is 5.75 Å². The number of nitrogens with zero attached hydrogens (tertiary/aromatic N) is 1. The highest BCUT2D eigenvalue weighted by atomic mass is 19.1. The Morgan fingerprint density at radius 2 is 2.04 bits per heavy atom. The second-order valence-electron chi connectivity index (χ2n) is 6.73. The highest BCUT2D eigenvalue weighted by Crippen LogP contribution is 2.32. The SMILES string of the molecule is COc1ccc2c(c1)CCN(C(=O)c1cc3ccc(F)cc3[nH]c1=O)C2C. The third-order valence-corrected chi connectivity index (χ3v) is 5.19. The van der Waals surface area contributed by atoms with E-state index in [0.29, 0.717) is 23.9 Å². The Balaban J connectivity index is 1.70. The first kappa shape index (κ1) is 17.3. The number of fused-ring (bicyclic) bond motifs is 2. The third-order valence-electron chi connectivity index (χ3n) is 5.19. The van der Waals surface area contributed by atoms with Gasteiger partial charge in [0.05, 0.1) is 18.7 Å². The second kappa shape index (κ2) is 6.54. The maximum Gasteiger partial charge on any atom is 0.261 e. The average molecular weight is 366 g/mol. The molecular weight excluding hydrogens is 347 g/mol. The lowest BCUT2D eigenvalue weighted by Crippen LogP contribution is -2.41. The number of benzene rings is 2. The van der Waals surface area contributed by atoms with E-state index in [2.05, 4.69) is 4.98 Å². The highest BCUT2D eigenvalue weighted by molar-refractivity contribution is 5.97. The molecule has 1 N–H and O–H groups in total. The summed E-state index contributed by atoms with van der Waals surface area (Å²) in [4.78, 5) is 29.8. The first-order valence-electron chi connectivity index (χ1n) is 8.78. The summed E-state index contributed by atoms with van der Waals surface area (Å²) in [5, 5.41) is 0.620. The zero-order valence-corrected chi connectivity index (χ0v) is 15.1. The van der Waals surface area contributed by atoms with Crippen LogP contribution < -0.4 is 10.3 Å². The summed E-state index contributed by atoms with van der Waals surface area (Å²) in [6.45, 7) is 2.47. The summed E-state index contributed by atoms with van der Waals surface area (Å²) < 4.78 is 18.6. The van der Waals surface area contributed by atoms with E-state index in [1.165, 1.54) is 18.2 Å². The normalized spacial score (nSPS) is 16.3. The molecule has 1 atom stereocenters. The second-order valence-corrected chi connectivity index (χ2v) is 6.73. The molecule has 0 fully saturated rings. The van der Waals surface area contributed by atoms with Gasteiger partial charge in [0.25, 0.3) is 11.5 Å². The number of carbonyl (C=O) groups is 1. The number of hydrogen-bond acceptors (Lipinski definition) is 3. The molecule has 138 valence electrons. The minimum Gasteiger partial charge on any atom is -0.497 e. The molecule has 0 aliphatic carbocycles. The van der Waals surface area contributed by atoms with E-state index >= 15 is 0 Å². The molecule has 5 nitrogen and oxygen atoms in total. The summed E-state index contributed by atoms with van der Waals surface area (Å²) >= 11 is 0. The average Bonchev–Trinajstić information content (AvgIpc) is 2.67. The van der Waals surface area contributed by atoms with Crippen LogP contribution in [0.4, 0.5) is 4.39 Å². The minimum absolute atomic E-state index is 0.0675. The summed E-state index contributed by atoms with van der Waals surface area (Å²) in [6.07, 6.45) is 0.694. The Morgan fingerprint density at radius 3 is 2.81 bits per heavy atom. The van der Waals surface area contributed by atoms with E-state index in [9.17, 15) is 14.0 Å². The van der Waals surface area contributed by atoms with Crippen molar-refractivity contribution in [2.45, 2.75) is 19.4 Å². The predicted octanol–water partition coefficient (Wildman–Crippen LogP) is 3.44. The van der Waals surface area contributed by atoms with Crippen molar-refractivity contribution in [3.63, 3.8) is 0 Å². The van der Waals surface area contributed by atoms with Crippen molar-refractivity contribution in [2.75, 3.05) is 13.7 Å². The van der Waals surface area contributed by atoms with Gasteiger partial charge in [0.15, 0.2) is 0 Å². The standard InChI is InChI=1S/C21H19FN2O3/c1-12-17-6-5-16(27-2)9-13(17)7-8-24(12)21(26)18-10-14-3-4-15(22)11-19(14)23-20(18)25/h3-6,9-12H,7-8H2,1-2H3,(H,23,25). The monoisotopic (exact) mass is 366 g/mol. The third kappa shape index (κ3) is 2.97. The molecule has 1 aliphatic rings. The number of aromatic nitrogens is 1. The fourth-order valence-electron chi connectivity index (χ4n) is 3.70. The number of methoxy groups -OCH3 is 1. The Bertz CT molecular complexity index is 1110. The van der Waals surface area contributed by atoms with Crippen molar-refractivity contribution < 1.29 is 13.9 Å². The molecule has 1 aromatic heterocycles. The number of ether oxygens (including phenoxy) is 1. The molecule has 1 unspecified atom stereocenters. The van der Waals surface area contributed by atoms with Crippen molar-refractivity contribution in [1.82, 2.24) is 9.88 Å². The van der Waals surface area contributed by atoms with Gasteiger partial charge in [-0.05, 0) is 66.3 Å². The van der Waals surface area contributed by atoms with Gasteiger partial charge in [0, 0.05) is 6.54 Å². The topological polar surface area (TPSA) is 62.4 Å². The molecule has 0 radical (unpaired) electrons. The van der Waals surface area contributed by atoms with E-state index in [4.69, 9.17) is 4.74 Å². The van der Waals surface area contributed by atoms with E-state index in [1.807, 2.05) is 25.1 Å². The van der Waals surface area contributed by atoms with Crippen LogP contribution >= 0.6 is 0 Å². The maximum absolute atomic E-state index is 13.4. The fourth-order valence-corrected chi connectivity index (χ4v) is 3.70. The molecule has 0 bridgehead atoms. The van der Waals surface area contributed by atoms with Gasteiger partial charge in [0.1, 0.15) is 17.1 Å². The molecule has 3 aromatic rings. The van der Waals surface area contributed by atoms with Gasteiger partial charge in [-0.1, -0.05) is 6.07 Å². The van der Waals surface area contributed by atoms with Gasteiger partial charge in [-0.2, -0.15) is 0 Å². The van der Waals surface area contributed by atoms with Gasteiger partial charge in [-0.15, -0.1) is 0 Å². The summed E-state index contributed by atoms with van der Waals surface area (Å²) in [7, 11) is 1.63. The lowest BCUT2D eigenvalue weighted by molar-refractivity contribution is 0.0676. The molecule has 0 saturated heterocycles. The van der Waals surface area contributed by atoms with Crippen LogP contribution in [-0.4, -0.2) is 29.4 Å². The van der Waals surface area contributed by atoms with Crippen LogP contribution in [0.25, 0.3) is 10.9 Å². The van der Waals surface area contributed by atoms with Crippen molar-refractivity contribution in [1.29, 1.82) is 0 Å². The quantitative estimate of drug-likeness (QED) is 0.756. The van der Waals surface area contributed by atoms with Crippen LogP contribution in [0.2, 0.25) is 0 Å². The number of halogens is 1. The lowest BCUT2D eigenvalue weighted by atomic mass is 9.92. The van der Waals surface area contributed by atoms with E-state index in [-0.39, 0.29) is 17.5 Å². The Hall–Kier alpha value is -3.15. The number of H-pyrrole nitrogens is 1. The fraction of sp³-hybridized carbons (Fsp3) is 0.238. The largest absolute Gasteiger partial charge is 0.497 e. The minimum atomic E-state index is -0.508. The molecule has 0 saturated carbocycles. The zero-order valence-electron chi connectivity index (χ0n) is 15.1. The number of nitrogens with one attached hydrogen (secondary N) is 1. The van der Waals surface area contributed by atoms with E-state index < -0.39 is 11.4 Å². The Labute approximate surface area is 155 Å². The number of carbonyl (C=O) groups excluding carboxylic acids is 1. The Kier molecular flexibility index (Phi) is 4.18.